The van der Waals surface area contributed by atoms with E-state index in [0.717, 1.165) is 0 Å². The Balaban J connectivity index is 2.01. The molecule has 3 aromatic rings. The molecule has 2 aromatic carbocycles. The SMILES string of the molecule is NC(=O)c1cc(-c2csc(-c3cccc(F)c3)n2)ccc1O. The van der Waals surface area contributed by atoms with E-state index in [1.165, 1.54) is 35.6 Å². The van der Waals surface area contributed by atoms with Crippen LogP contribution in [-0.2, 0) is 0 Å². The van der Waals surface area contributed by atoms with Crippen molar-refractivity contribution < 1.29 is 14.3 Å². The van der Waals surface area contributed by atoms with E-state index in [2.05, 4.69) is 4.98 Å². The second-order valence-corrected chi connectivity index (χ2v) is 5.50. The van der Waals surface area contributed by atoms with Crippen LogP contribution < -0.4 is 5.73 Å². The lowest BCUT2D eigenvalue weighted by atomic mass is 10.1. The fourth-order valence-electron chi connectivity index (χ4n) is 2.05. The number of carbonyl (C=O) groups excluding carboxylic acids is 1. The Morgan fingerprint density at radius 1 is 1.18 bits per heavy atom. The number of halogens is 1. The normalized spacial score (nSPS) is 10.6. The van der Waals surface area contributed by atoms with Gasteiger partial charge in [-0.15, -0.1) is 11.3 Å². The lowest BCUT2D eigenvalue weighted by Gasteiger charge is -2.03. The van der Waals surface area contributed by atoms with Crippen LogP contribution in [0.15, 0.2) is 47.8 Å². The molecule has 0 bridgehead atoms. The van der Waals surface area contributed by atoms with Crippen LogP contribution in [0, 0.1) is 5.82 Å². The van der Waals surface area contributed by atoms with E-state index < -0.39 is 5.91 Å². The minimum Gasteiger partial charge on any atom is -0.507 e. The molecule has 0 atom stereocenters. The number of primary amides is 1. The standard InChI is InChI=1S/C16H11FN2O2S/c17-11-3-1-2-10(6-11)16-19-13(8-22-16)9-4-5-14(20)12(7-9)15(18)21/h1-8,20H,(H2,18,21). The Morgan fingerprint density at radius 3 is 2.73 bits per heavy atom. The summed E-state index contributed by atoms with van der Waals surface area (Å²) >= 11 is 1.37. The number of benzene rings is 2. The van der Waals surface area contributed by atoms with Gasteiger partial charge in [-0.2, -0.15) is 0 Å². The summed E-state index contributed by atoms with van der Waals surface area (Å²) in [5.41, 5.74) is 7.23. The number of hydrogen-bond acceptors (Lipinski definition) is 4. The third-order valence-corrected chi connectivity index (χ3v) is 4.02. The molecule has 0 aliphatic heterocycles. The number of amides is 1. The molecule has 1 amide bonds. The van der Waals surface area contributed by atoms with Crippen molar-refractivity contribution in [3.63, 3.8) is 0 Å². The number of hydrogen-bond donors (Lipinski definition) is 2. The van der Waals surface area contributed by atoms with Crippen LogP contribution in [0.1, 0.15) is 10.4 Å². The summed E-state index contributed by atoms with van der Waals surface area (Å²) in [5.74, 6) is -1.20. The Kier molecular flexibility index (Phi) is 3.60. The molecule has 1 heterocycles. The van der Waals surface area contributed by atoms with E-state index in [9.17, 15) is 14.3 Å². The monoisotopic (exact) mass is 314 g/mol. The smallest absolute Gasteiger partial charge is 0.252 e. The predicted octanol–water partition coefficient (Wildman–Crippen LogP) is 3.42. The zero-order valence-electron chi connectivity index (χ0n) is 11.3. The first kappa shape index (κ1) is 14.2. The zero-order chi connectivity index (χ0) is 15.7. The van der Waals surface area contributed by atoms with Gasteiger partial charge in [0.1, 0.15) is 16.6 Å². The zero-order valence-corrected chi connectivity index (χ0v) is 12.1. The number of thiazole rings is 1. The molecule has 4 nitrogen and oxygen atoms in total. The van der Waals surface area contributed by atoms with Crippen LogP contribution in [0.3, 0.4) is 0 Å². The summed E-state index contributed by atoms with van der Waals surface area (Å²) in [4.78, 5) is 15.7. The van der Waals surface area contributed by atoms with Crippen molar-refractivity contribution in [3.05, 3.63) is 59.2 Å². The van der Waals surface area contributed by atoms with Gasteiger partial charge in [-0.1, -0.05) is 12.1 Å². The van der Waals surface area contributed by atoms with E-state index in [1.54, 1.807) is 23.6 Å². The van der Waals surface area contributed by atoms with Gasteiger partial charge in [-0.25, -0.2) is 9.37 Å². The number of rotatable bonds is 3. The van der Waals surface area contributed by atoms with Crippen LogP contribution in [0.2, 0.25) is 0 Å². The van der Waals surface area contributed by atoms with Crippen molar-refractivity contribution >= 4 is 17.2 Å². The third kappa shape index (κ3) is 2.68. The Morgan fingerprint density at radius 2 is 2.00 bits per heavy atom. The minimum absolute atomic E-state index is 0.0396. The lowest BCUT2D eigenvalue weighted by Crippen LogP contribution is -2.11. The lowest BCUT2D eigenvalue weighted by molar-refractivity contribution is 0.0998. The van der Waals surface area contributed by atoms with Crippen LogP contribution in [0.5, 0.6) is 5.75 Å². The fraction of sp³-hybridized carbons (Fsp3) is 0. The van der Waals surface area contributed by atoms with Gasteiger partial charge in [0.25, 0.3) is 5.91 Å². The highest BCUT2D eigenvalue weighted by molar-refractivity contribution is 7.13. The quantitative estimate of drug-likeness (QED) is 0.777. The molecule has 0 saturated heterocycles. The number of phenols is 1. The predicted molar refractivity (Wildman–Crippen MR) is 83.1 cm³/mol. The molecule has 6 heteroatoms. The van der Waals surface area contributed by atoms with Gasteiger partial charge < -0.3 is 10.8 Å². The number of nitrogens with two attached hydrogens (primary N) is 1. The van der Waals surface area contributed by atoms with Crippen molar-refractivity contribution in [2.45, 2.75) is 0 Å². The van der Waals surface area contributed by atoms with Crippen molar-refractivity contribution in [1.82, 2.24) is 4.98 Å². The second kappa shape index (κ2) is 5.57. The van der Waals surface area contributed by atoms with Gasteiger partial charge in [0, 0.05) is 16.5 Å². The first-order valence-corrected chi connectivity index (χ1v) is 7.27. The molecule has 0 aliphatic carbocycles. The third-order valence-electron chi connectivity index (χ3n) is 3.13. The maximum absolute atomic E-state index is 13.3. The van der Waals surface area contributed by atoms with E-state index in [-0.39, 0.29) is 17.1 Å². The second-order valence-electron chi connectivity index (χ2n) is 4.64. The fourth-order valence-corrected chi connectivity index (χ4v) is 2.88. The van der Waals surface area contributed by atoms with Crippen LogP contribution in [0.4, 0.5) is 4.39 Å². The average molecular weight is 314 g/mol. The van der Waals surface area contributed by atoms with Crippen LogP contribution in [0.25, 0.3) is 21.8 Å². The highest BCUT2D eigenvalue weighted by Crippen LogP contribution is 2.31. The molecule has 0 spiro atoms. The highest BCUT2D eigenvalue weighted by Gasteiger charge is 2.12. The Bertz CT molecular complexity index is 861. The first-order valence-electron chi connectivity index (χ1n) is 6.39. The number of nitrogens with zero attached hydrogens (tertiary/aromatic N) is 1. The van der Waals surface area contributed by atoms with Crippen molar-refractivity contribution in [1.29, 1.82) is 0 Å². The summed E-state index contributed by atoms with van der Waals surface area (Å²) in [7, 11) is 0. The van der Waals surface area contributed by atoms with Gasteiger partial charge in [0.15, 0.2) is 0 Å². The molecule has 0 aliphatic rings. The number of aromatic hydroxyl groups is 1. The van der Waals surface area contributed by atoms with E-state index >= 15 is 0 Å². The molecule has 110 valence electrons. The topological polar surface area (TPSA) is 76.2 Å². The van der Waals surface area contributed by atoms with Crippen molar-refractivity contribution in [3.8, 4) is 27.6 Å². The van der Waals surface area contributed by atoms with E-state index in [0.29, 0.717) is 21.8 Å². The number of aromatic nitrogens is 1. The van der Waals surface area contributed by atoms with E-state index in [4.69, 9.17) is 5.73 Å². The largest absolute Gasteiger partial charge is 0.507 e. The molecule has 3 rings (SSSR count). The Hall–Kier alpha value is -2.73. The summed E-state index contributed by atoms with van der Waals surface area (Å²) in [6.45, 7) is 0. The average Bonchev–Trinajstić information content (AvgIpc) is 2.97. The molecule has 0 saturated carbocycles. The molecule has 0 fully saturated rings. The molecular weight excluding hydrogens is 303 g/mol. The van der Waals surface area contributed by atoms with Gasteiger partial charge >= 0.3 is 0 Å². The first-order chi connectivity index (χ1) is 10.5. The summed E-state index contributed by atoms with van der Waals surface area (Å²) in [6, 6.07) is 10.7. The number of carbonyl (C=O) groups is 1. The van der Waals surface area contributed by atoms with Gasteiger partial charge in [0.05, 0.1) is 11.3 Å². The van der Waals surface area contributed by atoms with E-state index in [1.807, 2.05) is 0 Å². The van der Waals surface area contributed by atoms with Gasteiger partial charge in [-0.3, -0.25) is 4.79 Å². The summed E-state index contributed by atoms with van der Waals surface area (Å²) in [5, 5.41) is 12.1. The maximum Gasteiger partial charge on any atom is 0.252 e. The molecule has 0 unspecified atom stereocenters. The minimum atomic E-state index is -0.708. The van der Waals surface area contributed by atoms with Crippen LogP contribution >= 0.6 is 11.3 Å². The Labute approximate surface area is 129 Å². The molecule has 22 heavy (non-hydrogen) atoms. The maximum atomic E-state index is 13.3. The summed E-state index contributed by atoms with van der Waals surface area (Å²) in [6.07, 6.45) is 0. The van der Waals surface area contributed by atoms with Gasteiger partial charge in [0.2, 0.25) is 0 Å². The van der Waals surface area contributed by atoms with Crippen molar-refractivity contribution in [2.24, 2.45) is 5.73 Å². The summed E-state index contributed by atoms with van der Waals surface area (Å²) < 4.78 is 13.3. The molecule has 0 radical (unpaired) electrons. The van der Waals surface area contributed by atoms with Gasteiger partial charge in [-0.05, 0) is 30.3 Å². The molecule has 3 N–H and O–H groups in total. The molecule has 1 aromatic heterocycles. The molecular formula is C16H11FN2O2S. The highest BCUT2D eigenvalue weighted by atomic mass is 32.1. The van der Waals surface area contributed by atoms with Crippen molar-refractivity contribution in [2.75, 3.05) is 0 Å². The van der Waals surface area contributed by atoms with Crippen LogP contribution in [-0.4, -0.2) is 16.0 Å².